The van der Waals surface area contributed by atoms with Crippen LogP contribution in [0.2, 0.25) is 0 Å². The van der Waals surface area contributed by atoms with Crippen LogP contribution in [0.25, 0.3) is 11.0 Å². The zero-order valence-electron chi connectivity index (χ0n) is 22.2. The van der Waals surface area contributed by atoms with Gasteiger partial charge in [-0.2, -0.15) is 8.78 Å². The number of nitrogens with zero attached hydrogens (tertiary/aromatic N) is 4. The van der Waals surface area contributed by atoms with Crippen LogP contribution in [0.5, 0.6) is 5.75 Å². The van der Waals surface area contributed by atoms with Crippen LogP contribution in [-0.2, 0) is 0 Å². The highest BCUT2D eigenvalue weighted by Crippen LogP contribution is 2.49. The van der Waals surface area contributed by atoms with E-state index in [0.717, 1.165) is 36.4 Å². The Bertz CT molecular complexity index is 1490. The molecule has 1 aromatic heterocycles. The highest BCUT2D eigenvalue weighted by atomic mass is 19.3. The molecule has 4 heterocycles. The van der Waals surface area contributed by atoms with Crippen LogP contribution in [0.1, 0.15) is 62.8 Å². The van der Waals surface area contributed by atoms with Crippen molar-refractivity contribution in [2.75, 3.05) is 27.1 Å². The maximum atomic E-state index is 13.5. The van der Waals surface area contributed by atoms with Crippen molar-refractivity contribution in [3.8, 4) is 17.6 Å². The number of hydrogen-bond acceptors (Lipinski definition) is 4. The molecule has 0 aliphatic carbocycles. The zero-order valence-corrected chi connectivity index (χ0v) is 19.2. The number of alkyl halides is 2. The summed E-state index contributed by atoms with van der Waals surface area (Å²) in [4.78, 5) is 21.4. The third-order valence-electron chi connectivity index (χ3n) is 7.19. The average Bonchev–Trinajstić information content (AvgIpc) is 3.34. The van der Waals surface area contributed by atoms with E-state index in [4.69, 9.17) is 13.8 Å². The van der Waals surface area contributed by atoms with Gasteiger partial charge in [0.25, 0.3) is 5.91 Å². The van der Waals surface area contributed by atoms with Crippen molar-refractivity contribution in [2.24, 2.45) is 5.92 Å². The predicted molar refractivity (Wildman–Crippen MR) is 127 cm³/mol. The number of piperidine rings is 1. The Morgan fingerprint density at radius 2 is 2.14 bits per heavy atom. The van der Waals surface area contributed by atoms with Crippen LogP contribution < -0.4 is 4.74 Å². The summed E-state index contributed by atoms with van der Waals surface area (Å²) < 4.78 is 57.8. The first-order chi connectivity index (χ1) is 18.1. The van der Waals surface area contributed by atoms with Crippen LogP contribution in [0.4, 0.5) is 8.78 Å². The van der Waals surface area contributed by atoms with E-state index in [-0.39, 0.29) is 29.2 Å². The number of carbonyl (C=O) groups is 1. The molecule has 3 atom stereocenters. The summed E-state index contributed by atoms with van der Waals surface area (Å²) in [7, 11) is 2.09. The molecular formula is C27H26F2N4O2. The molecule has 0 spiro atoms. The maximum absolute atomic E-state index is 13.5. The molecule has 180 valence electrons. The lowest BCUT2D eigenvalue weighted by molar-refractivity contribution is -0.0507. The Labute approximate surface area is 206 Å². The molecule has 6 rings (SSSR count). The molecule has 3 aromatic rings. The Balaban J connectivity index is 1.51. The Hall–Kier alpha value is -3.44. The van der Waals surface area contributed by atoms with Crippen molar-refractivity contribution in [3.63, 3.8) is 0 Å². The van der Waals surface area contributed by atoms with Gasteiger partial charge < -0.3 is 19.1 Å². The SMILES string of the molecule is [2H]C([2H])([2H])N1C(=O)c2cccc(OC(F)F)c2[C@H]2C[C@@H]1c1nc3ccc(C#CC4CCCN(C)C4)cc3n12. The molecule has 6 nitrogen and oxygen atoms in total. The van der Waals surface area contributed by atoms with E-state index in [1.807, 2.05) is 22.8 Å². The summed E-state index contributed by atoms with van der Waals surface area (Å²) >= 11 is 0. The van der Waals surface area contributed by atoms with Gasteiger partial charge in [-0.25, -0.2) is 4.98 Å². The summed E-state index contributed by atoms with van der Waals surface area (Å²) in [5.41, 5.74) is 2.39. The molecule has 1 fully saturated rings. The molecule has 8 heteroatoms. The van der Waals surface area contributed by atoms with E-state index in [2.05, 4.69) is 23.8 Å². The highest BCUT2D eigenvalue weighted by molar-refractivity contribution is 5.97. The van der Waals surface area contributed by atoms with E-state index in [0.29, 0.717) is 16.9 Å². The van der Waals surface area contributed by atoms with Gasteiger partial charge in [-0.05, 0) is 56.8 Å². The van der Waals surface area contributed by atoms with Crippen molar-refractivity contribution < 1.29 is 22.4 Å². The summed E-state index contributed by atoms with van der Waals surface area (Å²) in [6.45, 7) is -3.87. The standard InChI is InChI=1S/C27H26F2N4O2/c1-31-12-4-5-17(15-31)9-8-16-10-11-19-20(13-16)33-21-14-22(25(33)30-19)32(2)26(34)18-6-3-7-23(24(18)21)35-27(28)29/h3,6-7,10-11,13,17,21-22,27H,4-5,12,14-15H2,1-2H3/t17?,21-,22-/m1/s1/i2D3. The van der Waals surface area contributed by atoms with Crippen molar-refractivity contribution in [3.05, 3.63) is 58.9 Å². The fourth-order valence-electron chi connectivity index (χ4n) is 5.66. The predicted octanol–water partition coefficient (Wildman–Crippen LogP) is 4.45. The molecule has 0 N–H and O–H groups in total. The summed E-state index contributed by atoms with van der Waals surface area (Å²) in [6, 6.07) is 8.41. The van der Waals surface area contributed by atoms with Crippen LogP contribution in [0.15, 0.2) is 36.4 Å². The van der Waals surface area contributed by atoms with Gasteiger partial charge in [0.2, 0.25) is 0 Å². The second-order valence-electron chi connectivity index (χ2n) is 9.45. The molecule has 0 radical (unpaired) electrons. The lowest BCUT2D eigenvalue weighted by Gasteiger charge is -2.26. The number of benzene rings is 2. The van der Waals surface area contributed by atoms with Gasteiger partial charge in [-0.1, -0.05) is 17.9 Å². The van der Waals surface area contributed by atoms with E-state index >= 15 is 0 Å². The lowest BCUT2D eigenvalue weighted by atomic mass is 9.97. The number of carbonyl (C=O) groups excluding carboxylic acids is 1. The van der Waals surface area contributed by atoms with Crippen molar-refractivity contribution in [1.29, 1.82) is 0 Å². The molecular weight excluding hydrogens is 450 g/mol. The number of fused-ring (bicyclic) bond motifs is 9. The second kappa shape index (κ2) is 8.35. The number of amides is 1. The Kier molecular flexibility index (Phi) is 4.49. The zero-order chi connectivity index (χ0) is 26.8. The minimum atomic E-state index is -3.10. The number of ether oxygens (including phenoxy) is 1. The smallest absolute Gasteiger partial charge is 0.387 e. The minimum absolute atomic E-state index is 0.0386. The number of rotatable bonds is 2. The van der Waals surface area contributed by atoms with Crippen molar-refractivity contribution in [1.82, 2.24) is 19.4 Å². The lowest BCUT2D eigenvalue weighted by Crippen LogP contribution is -2.31. The first-order valence-electron chi connectivity index (χ1n) is 13.2. The topological polar surface area (TPSA) is 50.6 Å². The number of likely N-dealkylation sites (tertiary alicyclic amines) is 1. The van der Waals surface area contributed by atoms with E-state index in [1.165, 1.54) is 18.2 Å². The third-order valence-corrected chi connectivity index (χ3v) is 7.19. The first kappa shape index (κ1) is 18.8. The largest absolute Gasteiger partial charge is 0.434 e. The van der Waals surface area contributed by atoms with Crippen molar-refractivity contribution >= 4 is 16.9 Å². The molecule has 2 bridgehead atoms. The van der Waals surface area contributed by atoms with Crippen LogP contribution in [-0.4, -0.2) is 59.0 Å². The molecule has 1 saturated heterocycles. The molecule has 1 amide bonds. The molecule has 2 aromatic carbocycles. The molecule has 3 aliphatic rings. The third kappa shape index (κ3) is 3.66. The average molecular weight is 480 g/mol. The number of halogens is 2. The summed E-state index contributed by atoms with van der Waals surface area (Å²) in [5, 5.41) is 0. The number of imidazole rings is 1. The maximum Gasteiger partial charge on any atom is 0.387 e. The molecule has 1 unspecified atom stereocenters. The quantitative estimate of drug-likeness (QED) is 0.510. The number of hydrogen-bond donors (Lipinski definition) is 0. The molecule has 0 saturated carbocycles. The van der Waals surface area contributed by atoms with Crippen LogP contribution in [0, 0.1) is 17.8 Å². The van der Waals surface area contributed by atoms with E-state index in [9.17, 15) is 13.6 Å². The fourth-order valence-corrected chi connectivity index (χ4v) is 5.66. The Morgan fingerprint density at radius 3 is 2.94 bits per heavy atom. The van der Waals surface area contributed by atoms with Crippen molar-refractivity contribution in [2.45, 2.75) is 38.0 Å². The van der Waals surface area contributed by atoms with Gasteiger partial charge in [0.15, 0.2) is 0 Å². The fraction of sp³-hybridized carbons (Fsp3) is 0.407. The van der Waals surface area contributed by atoms with Gasteiger partial charge in [0.1, 0.15) is 11.6 Å². The van der Waals surface area contributed by atoms with E-state index < -0.39 is 31.6 Å². The van der Waals surface area contributed by atoms with Gasteiger partial charge in [0, 0.05) is 46.7 Å². The summed E-state index contributed by atoms with van der Waals surface area (Å²) in [5.74, 6) is 6.45. The minimum Gasteiger partial charge on any atom is -0.434 e. The van der Waals surface area contributed by atoms with Crippen LogP contribution >= 0.6 is 0 Å². The van der Waals surface area contributed by atoms with E-state index in [1.54, 1.807) is 0 Å². The normalized spacial score (nSPS) is 25.3. The van der Waals surface area contributed by atoms with Crippen LogP contribution in [0.3, 0.4) is 0 Å². The van der Waals surface area contributed by atoms with Gasteiger partial charge in [-0.15, -0.1) is 0 Å². The summed E-state index contributed by atoms with van der Waals surface area (Å²) in [6.07, 6.45) is 2.34. The Morgan fingerprint density at radius 1 is 1.26 bits per heavy atom. The monoisotopic (exact) mass is 479 g/mol. The van der Waals surface area contributed by atoms with Gasteiger partial charge >= 0.3 is 6.61 Å². The second-order valence-corrected chi connectivity index (χ2v) is 9.45. The number of aromatic nitrogens is 2. The molecule has 3 aliphatic heterocycles. The highest BCUT2D eigenvalue weighted by Gasteiger charge is 2.45. The van der Waals surface area contributed by atoms with Gasteiger partial charge in [0.05, 0.1) is 23.1 Å². The van der Waals surface area contributed by atoms with Gasteiger partial charge in [-0.3, -0.25) is 4.79 Å². The molecule has 35 heavy (non-hydrogen) atoms. The first-order valence-corrected chi connectivity index (χ1v) is 11.7.